The van der Waals surface area contributed by atoms with Crippen LogP contribution in [0.2, 0.25) is 0 Å². The van der Waals surface area contributed by atoms with E-state index in [0.29, 0.717) is 22.3 Å². The van der Waals surface area contributed by atoms with E-state index in [2.05, 4.69) is 0 Å². The van der Waals surface area contributed by atoms with E-state index < -0.39 is 6.10 Å². The third kappa shape index (κ3) is 5.22. The van der Waals surface area contributed by atoms with Crippen LogP contribution in [0.5, 0.6) is 11.5 Å². The standard InChI is InChI=1S/C29H24O5/c30-23(15-19-11-13-24(26(31)17-19)28(33)21-7-3-1-4-8-21)16-20-12-14-25(27(32)18-20)29(34)22-9-5-2-6-10-22/h1-14,17-18,23,30-32H,15-16H2. The first-order chi connectivity index (χ1) is 16.4. The van der Waals surface area contributed by atoms with E-state index in [9.17, 15) is 24.9 Å². The second kappa shape index (κ2) is 10.1. The molecule has 0 aliphatic carbocycles. The minimum atomic E-state index is -0.787. The molecule has 0 saturated carbocycles. The Balaban J connectivity index is 1.42. The number of aromatic hydroxyl groups is 2. The van der Waals surface area contributed by atoms with Gasteiger partial charge in [0.05, 0.1) is 17.2 Å². The number of rotatable bonds is 8. The van der Waals surface area contributed by atoms with Crippen LogP contribution in [0.1, 0.15) is 43.0 Å². The van der Waals surface area contributed by atoms with Gasteiger partial charge in [0.2, 0.25) is 0 Å². The number of carbonyl (C=O) groups is 2. The van der Waals surface area contributed by atoms with Crippen molar-refractivity contribution in [2.24, 2.45) is 0 Å². The predicted molar refractivity (Wildman–Crippen MR) is 129 cm³/mol. The normalized spacial score (nSPS) is 10.9. The van der Waals surface area contributed by atoms with Crippen LogP contribution >= 0.6 is 0 Å². The molecule has 4 aromatic carbocycles. The van der Waals surface area contributed by atoms with Gasteiger partial charge in [-0.25, -0.2) is 0 Å². The zero-order valence-electron chi connectivity index (χ0n) is 18.4. The van der Waals surface area contributed by atoms with E-state index in [-0.39, 0.29) is 47.0 Å². The summed E-state index contributed by atoms with van der Waals surface area (Å²) in [6.45, 7) is 0. The van der Waals surface area contributed by atoms with E-state index in [0.717, 1.165) is 0 Å². The number of phenolic OH excluding ortho intramolecular Hbond substituents is 2. The highest BCUT2D eigenvalue weighted by Crippen LogP contribution is 2.25. The van der Waals surface area contributed by atoms with Crippen LogP contribution in [0.25, 0.3) is 0 Å². The minimum absolute atomic E-state index is 0.139. The average Bonchev–Trinajstić information content (AvgIpc) is 2.84. The number of phenols is 2. The maximum Gasteiger partial charge on any atom is 0.196 e. The third-order valence-electron chi connectivity index (χ3n) is 5.63. The van der Waals surface area contributed by atoms with E-state index in [1.54, 1.807) is 72.8 Å². The Morgan fingerprint density at radius 1 is 0.588 bits per heavy atom. The highest BCUT2D eigenvalue weighted by molar-refractivity contribution is 6.11. The zero-order chi connectivity index (χ0) is 24.1. The van der Waals surface area contributed by atoms with Crippen molar-refractivity contribution >= 4 is 11.6 Å². The second-order valence-corrected chi connectivity index (χ2v) is 8.16. The Bertz CT molecular complexity index is 1210. The summed E-state index contributed by atoms with van der Waals surface area (Å²) in [7, 11) is 0. The summed E-state index contributed by atoms with van der Waals surface area (Å²) in [5, 5.41) is 31.3. The van der Waals surface area contributed by atoms with Crippen LogP contribution in [0.4, 0.5) is 0 Å². The van der Waals surface area contributed by atoms with Crippen molar-refractivity contribution < 1.29 is 24.9 Å². The summed E-state index contributed by atoms with van der Waals surface area (Å²) < 4.78 is 0. The van der Waals surface area contributed by atoms with Gasteiger partial charge in [-0.2, -0.15) is 0 Å². The lowest BCUT2D eigenvalue weighted by Crippen LogP contribution is -2.14. The molecule has 0 amide bonds. The molecule has 0 spiro atoms. The maximum absolute atomic E-state index is 12.6. The van der Waals surface area contributed by atoms with Gasteiger partial charge in [0, 0.05) is 11.1 Å². The van der Waals surface area contributed by atoms with Crippen molar-refractivity contribution in [1.82, 2.24) is 0 Å². The minimum Gasteiger partial charge on any atom is -0.507 e. The van der Waals surface area contributed by atoms with E-state index in [4.69, 9.17) is 0 Å². The predicted octanol–water partition coefficient (Wildman–Crippen LogP) is 4.71. The summed E-state index contributed by atoms with van der Waals surface area (Å²) >= 11 is 0. The molecule has 0 unspecified atom stereocenters. The van der Waals surface area contributed by atoms with Gasteiger partial charge in [0.15, 0.2) is 11.6 Å². The Hall–Kier alpha value is -4.22. The molecule has 0 fully saturated rings. The highest BCUT2D eigenvalue weighted by Gasteiger charge is 2.17. The van der Waals surface area contributed by atoms with E-state index in [1.807, 2.05) is 12.1 Å². The summed E-state index contributed by atoms with van der Waals surface area (Å²) in [4.78, 5) is 25.2. The van der Waals surface area contributed by atoms with Crippen LogP contribution in [0.3, 0.4) is 0 Å². The van der Waals surface area contributed by atoms with Crippen LogP contribution in [-0.4, -0.2) is 33.0 Å². The molecule has 0 aliphatic heterocycles. The number of benzene rings is 4. The molecule has 4 rings (SSSR count). The van der Waals surface area contributed by atoms with Gasteiger partial charge in [-0.15, -0.1) is 0 Å². The lowest BCUT2D eigenvalue weighted by Gasteiger charge is -2.13. The molecule has 4 aromatic rings. The molecule has 0 atom stereocenters. The van der Waals surface area contributed by atoms with E-state index >= 15 is 0 Å². The first-order valence-electron chi connectivity index (χ1n) is 10.9. The summed E-state index contributed by atoms with van der Waals surface area (Å²) in [5.41, 5.74) is 2.73. The van der Waals surface area contributed by atoms with Crippen LogP contribution in [-0.2, 0) is 12.8 Å². The fraction of sp³-hybridized carbons (Fsp3) is 0.103. The van der Waals surface area contributed by atoms with Gasteiger partial charge in [0.25, 0.3) is 0 Å². The molecule has 3 N–H and O–H groups in total. The fourth-order valence-electron chi connectivity index (χ4n) is 3.90. The molecular weight excluding hydrogens is 428 g/mol. The summed E-state index contributed by atoms with van der Waals surface area (Å²) in [5.74, 6) is -0.823. The topological polar surface area (TPSA) is 94.8 Å². The van der Waals surface area contributed by atoms with Crippen LogP contribution < -0.4 is 0 Å². The van der Waals surface area contributed by atoms with Crippen molar-refractivity contribution in [2.75, 3.05) is 0 Å². The largest absolute Gasteiger partial charge is 0.507 e. The van der Waals surface area contributed by atoms with Gasteiger partial charge >= 0.3 is 0 Å². The zero-order valence-corrected chi connectivity index (χ0v) is 18.4. The number of hydrogen-bond donors (Lipinski definition) is 3. The SMILES string of the molecule is O=C(c1ccccc1)c1ccc(CC(O)Cc2ccc(C(=O)c3ccccc3)c(O)c2)cc1O. The third-order valence-corrected chi connectivity index (χ3v) is 5.63. The molecule has 170 valence electrons. The molecule has 0 heterocycles. The second-order valence-electron chi connectivity index (χ2n) is 8.16. The Labute approximate surface area is 197 Å². The van der Waals surface area contributed by atoms with Gasteiger partial charge < -0.3 is 15.3 Å². The number of aliphatic hydroxyl groups excluding tert-OH is 1. The first kappa shape index (κ1) is 23.0. The van der Waals surface area contributed by atoms with Crippen LogP contribution in [0, 0.1) is 0 Å². The van der Waals surface area contributed by atoms with Crippen LogP contribution in [0.15, 0.2) is 97.1 Å². The van der Waals surface area contributed by atoms with Crippen molar-refractivity contribution in [3.63, 3.8) is 0 Å². The molecule has 0 aliphatic rings. The number of hydrogen-bond acceptors (Lipinski definition) is 5. The quantitative estimate of drug-likeness (QED) is 0.337. The smallest absolute Gasteiger partial charge is 0.196 e. The van der Waals surface area contributed by atoms with Gasteiger partial charge in [-0.05, 0) is 48.2 Å². The number of carbonyl (C=O) groups excluding carboxylic acids is 2. The van der Waals surface area contributed by atoms with Crippen molar-refractivity contribution in [1.29, 1.82) is 0 Å². The number of ketones is 2. The lowest BCUT2D eigenvalue weighted by atomic mass is 9.96. The van der Waals surface area contributed by atoms with Gasteiger partial charge in [-0.1, -0.05) is 72.8 Å². The number of aliphatic hydroxyl groups is 1. The molecular formula is C29H24O5. The van der Waals surface area contributed by atoms with E-state index in [1.165, 1.54) is 12.1 Å². The molecule has 0 saturated heterocycles. The first-order valence-corrected chi connectivity index (χ1v) is 10.9. The average molecular weight is 453 g/mol. The molecule has 0 radical (unpaired) electrons. The highest BCUT2D eigenvalue weighted by atomic mass is 16.3. The molecule has 34 heavy (non-hydrogen) atoms. The van der Waals surface area contributed by atoms with Crippen molar-refractivity contribution in [3.8, 4) is 11.5 Å². The Morgan fingerprint density at radius 2 is 0.971 bits per heavy atom. The molecule has 5 nitrogen and oxygen atoms in total. The summed E-state index contributed by atoms with van der Waals surface area (Å²) in [6.07, 6.45) is -0.289. The van der Waals surface area contributed by atoms with Gasteiger partial charge in [0.1, 0.15) is 11.5 Å². The van der Waals surface area contributed by atoms with Crippen molar-refractivity contribution in [2.45, 2.75) is 18.9 Å². The Morgan fingerprint density at radius 3 is 1.32 bits per heavy atom. The maximum atomic E-state index is 12.6. The summed E-state index contributed by atoms with van der Waals surface area (Å²) in [6, 6.07) is 26.9. The van der Waals surface area contributed by atoms with Gasteiger partial charge in [-0.3, -0.25) is 9.59 Å². The molecule has 5 heteroatoms. The molecule has 0 bridgehead atoms. The fourth-order valence-corrected chi connectivity index (χ4v) is 3.90. The molecule has 0 aromatic heterocycles. The monoisotopic (exact) mass is 452 g/mol. The Kier molecular flexibility index (Phi) is 6.85. The lowest BCUT2D eigenvalue weighted by molar-refractivity contribution is 0.102. The van der Waals surface area contributed by atoms with Crippen molar-refractivity contribution in [3.05, 3.63) is 130 Å².